The van der Waals surface area contributed by atoms with Gasteiger partial charge < -0.3 is 10.6 Å². The summed E-state index contributed by atoms with van der Waals surface area (Å²) in [5, 5.41) is 6.02. The van der Waals surface area contributed by atoms with Gasteiger partial charge in [0.05, 0.1) is 6.54 Å². The first-order chi connectivity index (χ1) is 6.45. The first kappa shape index (κ1) is 13.8. The molecular formula is C10H22N2OS. The van der Waals surface area contributed by atoms with Crippen molar-refractivity contribution in [3.8, 4) is 0 Å². The number of nitrogens with one attached hydrogen (secondary N) is 2. The molecule has 0 spiro atoms. The number of hydrogen-bond donors (Lipinski definition) is 2. The van der Waals surface area contributed by atoms with Gasteiger partial charge in [-0.3, -0.25) is 4.79 Å². The van der Waals surface area contributed by atoms with Crippen LogP contribution in [0.5, 0.6) is 0 Å². The molecule has 0 aliphatic heterocycles. The van der Waals surface area contributed by atoms with Gasteiger partial charge >= 0.3 is 0 Å². The molecule has 3 nitrogen and oxygen atoms in total. The summed E-state index contributed by atoms with van der Waals surface area (Å²) in [7, 11) is 0. The zero-order valence-corrected chi connectivity index (χ0v) is 10.5. The predicted octanol–water partition coefficient (Wildman–Crippen LogP) is 1.24. The minimum atomic E-state index is 0.0105. The van der Waals surface area contributed by atoms with Crippen molar-refractivity contribution in [1.29, 1.82) is 0 Å². The van der Waals surface area contributed by atoms with Crippen molar-refractivity contribution in [3.63, 3.8) is 0 Å². The Labute approximate surface area is 91.4 Å². The highest BCUT2D eigenvalue weighted by Crippen LogP contribution is 1.97. The highest BCUT2D eigenvalue weighted by molar-refractivity contribution is 7.98. The third-order valence-electron chi connectivity index (χ3n) is 1.63. The summed E-state index contributed by atoms with van der Waals surface area (Å²) in [5.74, 6) is 1.19. The van der Waals surface area contributed by atoms with Crippen LogP contribution in [0.15, 0.2) is 0 Å². The summed E-state index contributed by atoms with van der Waals surface area (Å²) >= 11 is 1.80. The van der Waals surface area contributed by atoms with Crippen LogP contribution in [-0.2, 0) is 4.79 Å². The Hall–Kier alpha value is -0.220. The molecule has 0 aromatic heterocycles. The zero-order chi connectivity index (χ0) is 11.0. The van der Waals surface area contributed by atoms with Crippen molar-refractivity contribution in [1.82, 2.24) is 10.6 Å². The van der Waals surface area contributed by atoms with Gasteiger partial charge in [0, 0.05) is 12.1 Å². The summed E-state index contributed by atoms with van der Waals surface area (Å²) in [6.45, 7) is 7.34. The van der Waals surface area contributed by atoms with E-state index in [1.807, 2.05) is 20.8 Å². The van der Waals surface area contributed by atoms with Crippen LogP contribution in [0.1, 0.15) is 27.2 Å². The highest BCUT2D eigenvalue weighted by Gasteiger charge is 2.10. The molecule has 0 aromatic carbocycles. The molecule has 0 aliphatic carbocycles. The molecule has 0 rings (SSSR count). The van der Waals surface area contributed by atoms with Gasteiger partial charge in [0.2, 0.25) is 5.91 Å². The van der Waals surface area contributed by atoms with Crippen LogP contribution in [-0.4, -0.2) is 36.5 Å². The summed E-state index contributed by atoms with van der Waals surface area (Å²) in [6.07, 6.45) is 3.12. The molecule has 0 aliphatic rings. The summed E-state index contributed by atoms with van der Waals surface area (Å²) in [5.41, 5.74) is 0.0105. The van der Waals surface area contributed by atoms with Gasteiger partial charge in [-0.25, -0.2) is 0 Å². The smallest absolute Gasteiger partial charge is 0.233 e. The molecule has 0 unspecified atom stereocenters. The average Bonchev–Trinajstić information content (AvgIpc) is 2.08. The fraction of sp³-hybridized carbons (Fsp3) is 0.900. The summed E-state index contributed by atoms with van der Waals surface area (Å²) in [4.78, 5) is 11.3. The van der Waals surface area contributed by atoms with Crippen LogP contribution in [0.4, 0.5) is 0 Å². The number of carbonyl (C=O) groups excluding carboxylic acids is 1. The third-order valence-corrected chi connectivity index (χ3v) is 2.32. The van der Waals surface area contributed by atoms with Crippen LogP contribution in [0, 0.1) is 0 Å². The lowest BCUT2D eigenvalue weighted by Crippen LogP contribution is -2.43. The third kappa shape index (κ3) is 9.86. The average molecular weight is 218 g/mol. The Kier molecular flexibility index (Phi) is 7.01. The largest absolute Gasteiger partial charge is 0.355 e. The van der Waals surface area contributed by atoms with E-state index in [9.17, 15) is 4.79 Å². The molecule has 0 aromatic rings. The van der Waals surface area contributed by atoms with Crippen molar-refractivity contribution in [3.05, 3.63) is 0 Å². The molecule has 84 valence electrons. The van der Waals surface area contributed by atoms with Crippen molar-refractivity contribution in [2.24, 2.45) is 0 Å². The first-order valence-corrected chi connectivity index (χ1v) is 6.36. The molecule has 2 N–H and O–H groups in total. The fourth-order valence-corrected chi connectivity index (χ4v) is 1.29. The Bertz CT molecular complexity index is 166. The topological polar surface area (TPSA) is 41.1 Å². The van der Waals surface area contributed by atoms with Crippen molar-refractivity contribution in [2.75, 3.05) is 25.1 Å². The number of carbonyl (C=O) groups is 1. The molecular weight excluding hydrogens is 196 g/mol. The van der Waals surface area contributed by atoms with Crippen molar-refractivity contribution in [2.45, 2.75) is 32.7 Å². The van der Waals surface area contributed by atoms with Crippen molar-refractivity contribution >= 4 is 17.7 Å². The lowest BCUT2D eigenvalue weighted by Gasteiger charge is -2.19. The van der Waals surface area contributed by atoms with Gasteiger partial charge in [0.15, 0.2) is 0 Å². The van der Waals surface area contributed by atoms with E-state index >= 15 is 0 Å². The summed E-state index contributed by atoms with van der Waals surface area (Å²) in [6, 6.07) is 0. The van der Waals surface area contributed by atoms with Crippen LogP contribution >= 0.6 is 11.8 Å². The van der Waals surface area contributed by atoms with E-state index < -0.39 is 0 Å². The normalized spacial score (nSPS) is 11.4. The second kappa shape index (κ2) is 7.12. The maximum atomic E-state index is 11.3. The maximum Gasteiger partial charge on any atom is 0.233 e. The Balaban J connectivity index is 3.38. The standard InChI is InChI=1S/C10H22N2OS/c1-10(2,3)12-8-9(13)11-6-5-7-14-4/h12H,5-8H2,1-4H3,(H,11,13). The minimum absolute atomic E-state index is 0.0105. The number of amides is 1. The fourth-order valence-electron chi connectivity index (χ4n) is 0.852. The molecule has 0 fully saturated rings. The predicted molar refractivity (Wildman–Crippen MR) is 63.8 cm³/mol. The number of hydrogen-bond acceptors (Lipinski definition) is 3. The van der Waals surface area contributed by atoms with Crippen LogP contribution in [0.25, 0.3) is 0 Å². The maximum absolute atomic E-state index is 11.3. The molecule has 0 saturated carbocycles. The molecule has 0 heterocycles. The molecule has 14 heavy (non-hydrogen) atoms. The molecule has 0 atom stereocenters. The first-order valence-electron chi connectivity index (χ1n) is 4.96. The van der Waals surface area contributed by atoms with E-state index in [1.165, 1.54) is 0 Å². The monoisotopic (exact) mass is 218 g/mol. The van der Waals surface area contributed by atoms with Crippen molar-refractivity contribution < 1.29 is 4.79 Å². The van der Waals surface area contributed by atoms with Crippen LogP contribution in [0.2, 0.25) is 0 Å². The zero-order valence-electron chi connectivity index (χ0n) is 9.64. The van der Waals surface area contributed by atoms with Gasteiger partial charge in [0.1, 0.15) is 0 Å². The second-order valence-corrected chi connectivity index (χ2v) is 5.29. The van der Waals surface area contributed by atoms with Gasteiger partial charge in [0.25, 0.3) is 0 Å². The molecule has 1 amide bonds. The Morgan fingerprint density at radius 2 is 2.00 bits per heavy atom. The molecule has 0 bridgehead atoms. The molecule has 4 heteroatoms. The van der Waals surface area contributed by atoms with E-state index in [2.05, 4.69) is 16.9 Å². The SMILES string of the molecule is CSCCCNC(=O)CNC(C)(C)C. The van der Waals surface area contributed by atoms with E-state index in [0.717, 1.165) is 18.7 Å². The van der Waals surface area contributed by atoms with E-state index in [4.69, 9.17) is 0 Å². The van der Waals surface area contributed by atoms with Crippen LogP contribution < -0.4 is 10.6 Å². The molecule has 0 radical (unpaired) electrons. The van der Waals surface area contributed by atoms with Gasteiger partial charge in [-0.15, -0.1) is 0 Å². The van der Waals surface area contributed by atoms with Crippen LogP contribution in [0.3, 0.4) is 0 Å². The van der Waals surface area contributed by atoms with E-state index in [-0.39, 0.29) is 11.4 Å². The number of thioether (sulfide) groups is 1. The number of rotatable bonds is 6. The highest BCUT2D eigenvalue weighted by atomic mass is 32.2. The second-order valence-electron chi connectivity index (χ2n) is 4.30. The lowest BCUT2D eigenvalue weighted by atomic mass is 10.1. The van der Waals surface area contributed by atoms with Gasteiger partial charge in [-0.05, 0) is 39.2 Å². The van der Waals surface area contributed by atoms with Gasteiger partial charge in [-0.1, -0.05) is 0 Å². The quantitative estimate of drug-likeness (QED) is 0.659. The Morgan fingerprint density at radius 1 is 1.36 bits per heavy atom. The lowest BCUT2D eigenvalue weighted by molar-refractivity contribution is -0.120. The van der Waals surface area contributed by atoms with E-state index in [0.29, 0.717) is 6.54 Å². The van der Waals surface area contributed by atoms with Gasteiger partial charge in [-0.2, -0.15) is 11.8 Å². The Morgan fingerprint density at radius 3 is 2.50 bits per heavy atom. The summed E-state index contributed by atoms with van der Waals surface area (Å²) < 4.78 is 0. The minimum Gasteiger partial charge on any atom is -0.355 e. The molecule has 0 saturated heterocycles. The van der Waals surface area contributed by atoms with E-state index in [1.54, 1.807) is 11.8 Å².